The lowest BCUT2D eigenvalue weighted by molar-refractivity contribution is -1.91. The molecule has 0 fully saturated rings. The average molecular weight is 470 g/mol. The van der Waals surface area contributed by atoms with E-state index >= 15 is 0 Å². The Bertz CT molecular complexity index is 789. The van der Waals surface area contributed by atoms with E-state index in [4.69, 9.17) is 0 Å². The molecular weight excluding hydrogens is 460 g/mol. The molecule has 0 aromatic heterocycles. The molecule has 0 N–H and O–H groups in total. The van der Waals surface area contributed by atoms with Crippen LogP contribution in [0.1, 0.15) is 11.1 Å². The van der Waals surface area contributed by atoms with Crippen molar-refractivity contribution in [2.75, 3.05) is 0 Å². The van der Waals surface area contributed by atoms with E-state index in [9.17, 15) is 23.5 Å². The lowest BCUT2D eigenvalue weighted by Crippen LogP contribution is -4.23. The molecule has 1 atom stereocenters. The molecule has 128 valence electrons. The topological polar surface area (TPSA) is 78.4 Å². The largest absolute Gasteiger partial charge is 0.466 e. The van der Waals surface area contributed by atoms with E-state index in [1.54, 1.807) is 6.07 Å². The summed E-state index contributed by atoms with van der Waals surface area (Å²) >= 11 is -6.68. The van der Waals surface area contributed by atoms with Gasteiger partial charge in [-0.1, -0.05) is 48.5 Å². The molecule has 3 rings (SSSR count). The van der Waals surface area contributed by atoms with Gasteiger partial charge >= 0.3 is 25.6 Å². The Morgan fingerprint density at radius 2 is 1.46 bits per heavy atom. The monoisotopic (exact) mass is 470 g/mol. The molecule has 0 spiro atoms. The summed E-state index contributed by atoms with van der Waals surface area (Å²) in [4.78, 5) is -0.667. The summed E-state index contributed by atoms with van der Waals surface area (Å²) in [5, 5.41) is 0. The maximum Gasteiger partial charge on any atom is 0.466 e. The van der Waals surface area contributed by atoms with E-state index < -0.39 is 35.9 Å². The first-order valence-electron chi connectivity index (χ1n) is 6.53. The zero-order valence-electron chi connectivity index (χ0n) is 11.8. The lowest BCUT2D eigenvalue weighted by Gasteiger charge is -2.34. The van der Waals surface area contributed by atoms with Gasteiger partial charge in [0, 0.05) is 9.80 Å². The number of fused-ring (bicyclic) bond motifs is 1. The van der Waals surface area contributed by atoms with Crippen LogP contribution in [0.3, 0.4) is 0 Å². The minimum atomic E-state index is -6.68. The summed E-state index contributed by atoms with van der Waals surface area (Å²) in [5.41, 5.74) is -4.71. The van der Waals surface area contributed by atoms with E-state index in [0.29, 0.717) is 0 Å². The SMILES string of the molecule is [O-][I+3]([O-])([O-])OS1(C(F)(F)F)C(c2ccccc2)=Cc2ccccc21. The van der Waals surface area contributed by atoms with Gasteiger partial charge in [-0.05, 0) is 23.3 Å². The predicted octanol–water partition coefficient (Wildman–Crippen LogP) is -1.29. The Hall–Kier alpha value is -1.11. The third kappa shape index (κ3) is 2.95. The quantitative estimate of drug-likeness (QED) is 0.524. The second-order valence-corrected chi connectivity index (χ2v) is 10.7. The zero-order valence-corrected chi connectivity index (χ0v) is 14.8. The normalized spacial score (nSPS) is 23.3. The molecule has 0 radical (unpaired) electrons. The Kier molecular flexibility index (Phi) is 4.43. The summed E-state index contributed by atoms with van der Waals surface area (Å²) < 4.78 is 80.2. The van der Waals surface area contributed by atoms with Gasteiger partial charge < -0.3 is 0 Å². The summed E-state index contributed by atoms with van der Waals surface area (Å²) in [7, 11) is -4.48. The number of alkyl halides is 3. The van der Waals surface area contributed by atoms with Gasteiger partial charge in [0.25, 0.3) is 0 Å². The van der Waals surface area contributed by atoms with Crippen molar-refractivity contribution in [1.29, 1.82) is 0 Å². The van der Waals surface area contributed by atoms with Crippen molar-refractivity contribution in [3.8, 4) is 0 Å². The molecule has 0 aliphatic carbocycles. The first-order valence-corrected chi connectivity index (χ1v) is 11.6. The first-order chi connectivity index (χ1) is 11.2. The highest BCUT2D eigenvalue weighted by atomic mass is 127. The molecular formula is C15H10F3IO4S. The van der Waals surface area contributed by atoms with Gasteiger partial charge in [-0.2, -0.15) is 13.2 Å². The molecule has 1 heterocycles. The fraction of sp³-hybridized carbons (Fsp3) is 0.0667. The van der Waals surface area contributed by atoms with Gasteiger partial charge in [-0.25, -0.2) is 0 Å². The van der Waals surface area contributed by atoms with Gasteiger partial charge in [0.2, 0.25) is 0 Å². The van der Waals surface area contributed by atoms with Crippen LogP contribution in [0.2, 0.25) is 0 Å². The summed E-state index contributed by atoms with van der Waals surface area (Å²) in [6, 6.07) is 13.0. The standard InChI is InChI=1S/C15H10F3IO4S/c16-15(17,18)24(23-19(20,21)22)13-9-5-4-8-12(13)10-14(24)11-6-2-1-3-7-11/h1-10H. The molecule has 1 aliphatic heterocycles. The van der Waals surface area contributed by atoms with Crippen LogP contribution in [0.4, 0.5) is 13.2 Å². The first kappa shape index (κ1) is 17.7. The van der Waals surface area contributed by atoms with Crippen LogP contribution in [0.25, 0.3) is 11.0 Å². The third-order valence-corrected chi connectivity index (χ3v) is 9.28. The fourth-order valence-electron chi connectivity index (χ4n) is 2.52. The summed E-state index contributed by atoms with van der Waals surface area (Å²) in [5.74, 6) is 0. The van der Waals surface area contributed by atoms with Crippen LogP contribution in [0.5, 0.6) is 0 Å². The lowest BCUT2D eigenvalue weighted by atomic mass is 10.1. The summed E-state index contributed by atoms with van der Waals surface area (Å²) in [6.07, 6.45) is 1.24. The van der Waals surface area contributed by atoms with Crippen LogP contribution in [-0.2, 0) is 2.51 Å². The number of hydrogen-bond donors (Lipinski definition) is 0. The predicted molar refractivity (Wildman–Crippen MR) is 73.8 cm³/mol. The molecule has 0 bridgehead atoms. The fourth-order valence-corrected chi connectivity index (χ4v) is 8.94. The van der Waals surface area contributed by atoms with Gasteiger partial charge in [0.05, 0.1) is 2.51 Å². The van der Waals surface area contributed by atoms with Gasteiger partial charge in [-0.3, -0.25) is 10.3 Å². The highest BCUT2D eigenvalue weighted by molar-refractivity contribution is 8.38. The van der Waals surface area contributed by atoms with Crippen molar-refractivity contribution in [2.45, 2.75) is 10.4 Å². The molecule has 24 heavy (non-hydrogen) atoms. The molecule has 0 saturated carbocycles. The van der Waals surface area contributed by atoms with Crippen molar-refractivity contribution in [2.24, 2.45) is 0 Å². The number of halogens is 4. The molecule has 1 unspecified atom stereocenters. The minimum Gasteiger partial charge on any atom is -0.254 e. The molecule has 4 nitrogen and oxygen atoms in total. The van der Waals surface area contributed by atoms with Crippen LogP contribution >= 0.6 is 10.3 Å². The van der Waals surface area contributed by atoms with Gasteiger partial charge in [0.15, 0.2) is 0 Å². The van der Waals surface area contributed by atoms with Crippen LogP contribution in [-0.4, -0.2) is 5.51 Å². The second kappa shape index (κ2) is 6.00. The molecule has 0 amide bonds. The average Bonchev–Trinajstić information content (AvgIpc) is 2.82. The van der Waals surface area contributed by atoms with Crippen molar-refractivity contribution in [1.82, 2.24) is 0 Å². The Morgan fingerprint density at radius 1 is 0.875 bits per heavy atom. The summed E-state index contributed by atoms with van der Waals surface area (Å²) in [6.45, 7) is 0. The maximum atomic E-state index is 14.0. The second-order valence-electron chi connectivity index (χ2n) is 4.86. The van der Waals surface area contributed by atoms with E-state index in [1.807, 2.05) is 0 Å². The highest BCUT2D eigenvalue weighted by Gasteiger charge is 2.67. The number of benzene rings is 2. The van der Waals surface area contributed by atoms with Crippen LogP contribution in [0, 0.1) is 0 Å². The minimum absolute atomic E-state index is 0.159. The molecule has 2 aromatic carbocycles. The Morgan fingerprint density at radius 3 is 2.04 bits per heavy atom. The van der Waals surface area contributed by atoms with Crippen LogP contribution in [0.15, 0.2) is 59.5 Å². The molecule has 1 aliphatic rings. The molecule has 9 heteroatoms. The zero-order chi connectivity index (χ0) is 17.6. The van der Waals surface area contributed by atoms with Gasteiger partial charge in [0.1, 0.15) is 10.3 Å². The number of hydrogen-bond acceptors (Lipinski definition) is 4. The van der Waals surface area contributed by atoms with E-state index in [2.05, 4.69) is 2.51 Å². The van der Waals surface area contributed by atoms with Crippen molar-refractivity contribution < 1.29 is 46.1 Å². The van der Waals surface area contributed by atoms with Gasteiger partial charge in [-0.15, -0.1) is 0 Å². The van der Waals surface area contributed by atoms with Crippen molar-refractivity contribution in [3.63, 3.8) is 0 Å². The molecule has 2 aromatic rings. The Balaban J connectivity index is 2.31. The number of rotatable bonds is 3. The van der Waals surface area contributed by atoms with E-state index in [0.717, 1.165) is 6.07 Å². The van der Waals surface area contributed by atoms with E-state index in [1.165, 1.54) is 48.5 Å². The van der Waals surface area contributed by atoms with Crippen molar-refractivity contribution in [3.05, 3.63) is 65.7 Å². The highest BCUT2D eigenvalue weighted by Crippen LogP contribution is 2.78. The van der Waals surface area contributed by atoms with E-state index in [-0.39, 0.29) is 20.9 Å². The Labute approximate surface area is 143 Å². The maximum absolute atomic E-state index is 14.0. The third-order valence-electron chi connectivity index (χ3n) is 3.38. The molecule has 0 saturated heterocycles. The smallest absolute Gasteiger partial charge is 0.254 e. The van der Waals surface area contributed by atoms with Crippen LogP contribution < -0.4 is 30.4 Å². The van der Waals surface area contributed by atoms with Crippen molar-refractivity contribution >= 4 is 21.3 Å².